The first kappa shape index (κ1) is 21.1. The van der Waals surface area contributed by atoms with Crippen LogP contribution in [0, 0.1) is 0 Å². The van der Waals surface area contributed by atoms with Crippen molar-refractivity contribution >= 4 is 5.97 Å². The Labute approximate surface area is 135 Å². The van der Waals surface area contributed by atoms with Crippen molar-refractivity contribution in [2.24, 2.45) is 0 Å². The van der Waals surface area contributed by atoms with Crippen LogP contribution < -0.4 is 0 Å². The average molecular weight is 358 g/mol. The smallest absolute Gasteiger partial charge is 0.335 e. The zero-order chi connectivity index (χ0) is 18.6. The summed E-state index contributed by atoms with van der Waals surface area (Å²) in [5.41, 5.74) is 0. The number of carboxylic acid groups (broad SMARTS) is 1. The molecule has 1 rings (SSSR count). The highest BCUT2D eigenvalue weighted by atomic mass is 16.7. The topological polar surface area (TPSA) is 218 Å². The van der Waals surface area contributed by atoms with Gasteiger partial charge in [0.1, 0.15) is 42.7 Å². The summed E-state index contributed by atoms with van der Waals surface area (Å²) in [5.74, 6) is -1.80. The van der Waals surface area contributed by atoms with Crippen LogP contribution in [0.2, 0.25) is 0 Å². The molecule has 0 amide bonds. The molecule has 0 spiro atoms. The number of aliphatic hydroxyl groups is 8. The fourth-order valence-corrected chi connectivity index (χ4v) is 2.12. The van der Waals surface area contributed by atoms with Gasteiger partial charge in [0.25, 0.3) is 0 Å². The molecule has 24 heavy (non-hydrogen) atoms. The molecular weight excluding hydrogens is 336 g/mol. The Morgan fingerprint density at radius 1 is 1.00 bits per heavy atom. The molecule has 1 unspecified atom stereocenters. The molecule has 1 heterocycles. The minimum Gasteiger partial charge on any atom is -0.479 e. The van der Waals surface area contributed by atoms with Crippen LogP contribution in [-0.4, -0.2) is 120 Å². The van der Waals surface area contributed by atoms with E-state index in [9.17, 15) is 35.4 Å². The van der Waals surface area contributed by atoms with Crippen LogP contribution in [0.15, 0.2) is 0 Å². The van der Waals surface area contributed by atoms with Crippen molar-refractivity contribution in [1.82, 2.24) is 0 Å². The molecule has 0 aromatic heterocycles. The molecule has 12 heteroatoms. The maximum absolute atomic E-state index is 11.2. The Morgan fingerprint density at radius 2 is 1.58 bits per heavy atom. The van der Waals surface area contributed by atoms with Crippen molar-refractivity contribution in [1.29, 1.82) is 0 Å². The number of carboxylic acids is 1. The first-order valence-electron chi connectivity index (χ1n) is 6.99. The normalized spacial score (nSPS) is 35.9. The highest BCUT2D eigenvalue weighted by molar-refractivity contribution is 5.73. The van der Waals surface area contributed by atoms with Crippen LogP contribution in [0.5, 0.6) is 0 Å². The molecule has 9 atom stereocenters. The van der Waals surface area contributed by atoms with E-state index in [-0.39, 0.29) is 0 Å². The second-order valence-corrected chi connectivity index (χ2v) is 5.32. The van der Waals surface area contributed by atoms with Crippen molar-refractivity contribution in [2.45, 2.75) is 55.1 Å². The lowest BCUT2D eigenvalue weighted by molar-refractivity contribution is -0.318. The molecule has 0 saturated carbocycles. The zero-order valence-electron chi connectivity index (χ0n) is 12.4. The minimum absolute atomic E-state index is 0.781. The fourth-order valence-electron chi connectivity index (χ4n) is 2.12. The van der Waals surface area contributed by atoms with E-state index < -0.39 is 74.3 Å². The number of aliphatic hydroxyl groups excluding tert-OH is 8. The molecule has 9 N–H and O–H groups in total. The lowest BCUT2D eigenvalue weighted by Gasteiger charge is -2.41. The minimum atomic E-state index is -2.22. The van der Waals surface area contributed by atoms with E-state index in [2.05, 4.69) is 0 Å². The van der Waals surface area contributed by atoms with E-state index in [1.165, 1.54) is 0 Å². The van der Waals surface area contributed by atoms with E-state index in [1.807, 2.05) is 0 Å². The summed E-state index contributed by atoms with van der Waals surface area (Å²) in [4.78, 5) is 11.2. The lowest BCUT2D eigenvalue weighted by Crippen LogP contribution is -2.61. The Kier molecular flexibility index (Phi) is 7.88. The number of carbonyl (C=O) groups is 1. The number of hydrogen-bond acceptors (Lipinski definition) is 11. The Morgan fingerprint density at radius 3 is 2.04 bits per heavy atom. The molecule has 1 saturated heterocycles. The number of ether oxygens (including phenoxy) is 2. The molecule has 0 aromatic rings. The van der Waals surface area contributed by atoms with Crippen LogP contribution >= 0.6 is 0 Å². The highest BCUT2D eigenvalue weighted by Crippen LogP contribution is 2.24. The number of hydrogen-bond donors (Lipinski definition) is 9. The summed E-state index contributed by atoms with van der Waals surface area (Å²) < 4.78 is 9.76. The molecule has 1 fully saturated rings. The standard InChI is InChI=1S/C12H22O12/c13-1-3(15)5(16)8(19)10(11(21)22)24-12-9(20)7(18)6(17)4(2-14)23-12/h3-10,12-20H,1-2H2,(H,21,22)/t3-,4-,5+,6-,7+,8+,9-,10-,12?/m1/s1. The average Bonchev–Trinajstić information content (AvgIpc) is 2.56. The summed E-state index contributed by atoms with van der Waals surface area (Å²) in [5, 5.41) is 84.3. The fraction of sp³-hybridized carbons (Fsp3) is 0.917. The Hall–Kier alpha value is -0.930. The van der Waals surface area contributed by atoms with Crippen molar-refractivity contribution in [3.8, 4) is 0 Å². The number of rotatable bonds is 8. The summed E-state index contributed by atoms with van der Waals surface area (Å²) in [6.07, 6.45) is -17.1. The van der Waals surface area contributed by atoms with Crippen molar-refractivity contribution in [3.63, 3.8) is 0 Å². The Bertz CT molecular complexity index is 403. The summed E-state index contributed by atoms with van der Waals surface area (Å²) >= 11 is 0. The van der Waals surface area contributed by atoms with Crippen molar-refractivity contribution < 1.29 is 60.2 Å². The van der Waals surface area contributed by atoms with Gasteiger partial charge in [-0.2, -0.15) is 0 Å². The second kappa shape index (κ2) is 8.96. The van der Waals surface area contributed by atoms with Crippen LogP contribution in [0.3, 0.4) is 0 Å². The maximum Gasteiger partial charge on any atom is 0.335 e. The van der Waals surface area contributed by atoms with Crippen molar-refractivity contribution in [2.75, 3.05) is 13.2 Å². The quantitative estimate of drug-likeness (QED) is 0.198. The van der Waals surface area contributed by atoms with E-state index in [0.29, 0.717) is 0 Å². The first-order chi connectivity index (χ1) is 11.1. The first-order valence-corrected chi connectivity index (χ1v) is 6.99. The molecule has 0 aromatic carbocycles. The second-order valence-electron chi connectivity index (χ2n) is 5.32. The number of aliphatic carboxylic acids is 1. The van der Waals surface area contributed by atoms with Gasteiger partial charge in [-0.3, -0.25) is 0 Å². The van der Waals surface area contributed by atoms with Gasteiger partial charge in [-0.05, 0) is 0 Å². The maximum atomic E-state index is 11.2. The van der Waals surface area contributed by atoms with Crippen molar-refractivity contribution in [3.05, 3.63) is 0 Å². The third-order valence-corrected chi connectivity index (χ3v) is 3.61. The molecule has 142 valence electrons. The highest BCUT2D eigenvalue weighted by Gasteiger charge is 2.47. The predicted molar refractivity (Wildman–Crippen MR) is 71.4 cm³/mol. The lowest BCUT2D eigenvalue weighted by atomic mass is 9.99. The van der Waals surface area contributed by atoms with E-state index >= 15 is 0 Å². The largest absolute Gasteiger partial charge is 0.479 e. The molecule has 12 nitrogen and oxygen atoms in total. The van der Waals surface area contributed by atoms with Crippen LogP contribution in [-0.2, 0) is 14.3 Å². The SMILES string of the molecule is O=C(O)[C@H](OC1O[C@H](CO)[C@@H](O)[C@H](O)[C@H]1O)[C@@H](O)[C@@H](O)[C@H](O)CO. The van der Waals surface area contributed by atoms with Gasteiger partial charge < -0.3 is 55.4 Å². The monoisotopic (exact) mass is 358 g/mol. The molecule has 1 aliphatic heterocycles. The van der Waals surface area contributed by atoms with Gasteiger partial charge in [0, 0.05) is 0 Å². The van der Waals surface area contributed by atoms with Gasteiger partial charge in [0.05, 0.1) is 13.2 Å². The molecule has 1 aliphatic rings. The van der Waals surface area contributed by atoms with Crippen LogP contribution in [0.4, 0.5) is 0 Å². The van der Waals surface area contributed by atoms with Gasteiger partial charge in [-0.15, -0.1) is 0 Å². The molecule has 0 aliphatic carbocycles. The zero-order valence-corrected chi connectivity index (χ0v) is 12.4. The van der Waals surface area contributed by atoms with E-state index in [4.69, 9.17) is 24.8 Å². The summed E-state index contributed by atoms with van der Waals surface area (Å²) in [6, 6.07) is 0. The third-order valence-electron chi connectivity index (χ3n) is 3.61. The molecular formula is C12H22O12. The van der Waals surface area contributed by atoms with E-state index in [0.717, 1.165) is 0 Å². The van der Waals surface area contributed by atoms with Gasteiger partial charge in [-0.1, -0.05) is 0 Å². The Balaban J connectivity index is 2.89. The summed E-state index contributed by atoms with van der Waals surface area (Å²) in [7, 11) is 0. The van der Waals surface area contributed by atoms with Gasteiger partial charge in [0.2, 0.25) is 0 Å². The summed E-state index contributed by atoms with van der Waals surface area (Å²) in [6.45, 7) is -1.75. The molecule has 0 radical (unpaired) electrons. The van der Waals surface area contributed by atoms with Gasteiger partial charge in [0.15, 0.2) is 12.4 Å². The third kappa shape index (κ3) is 4.58. The van der Waals surface area contributed by atoms with Gasteiger partial charge in [-0.25, -0.2) is 4.79 Å². The van der Waals surface area contributed by atoms with Gasteiger partial charge >= 0.3 is 5.97 Å². The van der Waals surface area contributed by atoms with Crippen LogP contribution in [0.25, 0.3) is 0 Å². The van der Waals surface area contributed by atoms with Crippen LogP contribution in [0.1, 0.15) is 0 Å². The van der Waals surface area contributed by atoms with E-state index in [1.54, 1.807) is 0 Å². The predicted octanol–water partition coefficient (Wildman–Crippen LogP) is -5.67. The molecule has 0 bridgehead atoms.